The van der Waals surface area contributed by atoms with Crippen LogP contribution in [0.3, 0.4) is 0 Å². The summed E-state index contributed by atoms with van der Waals surface area (Å²) in [5.41, 5.74) is 0. The maximum absolute atomic E-state index is 10.4. The van der Waals surface area contributed by atoms with Crippen LogP contribution in [0.2, 0.25) is 0 Å². The van der Waals surface area contributed by atoms with Gasteiger partial charge in [-0.05, 0) is 6.92 Å². The summed E-state index contributed by atoms with van der Waals surface area (Å²) in [6.07, 6.45) is -6.91. The molecule has 0 bridgehead atoms. The Labute approximate surface area is 135 Å². The zero-order chi connectivity index (χ0) is 17.3. The summed E-state index contributed by atoms with van der Waals surface area (Å²) in [4.78, 5) is 0. The van der Waals surface area contributed by atoms with Crippen LogP contribution < -0.4 is 0 Å². The van der Waals surface area contributed by atoms with E-state index in [0.717, 1.165) is 0 Å². The van der Waals surface area contributed by atoms with E-state index in [4.69, 9.17) is 14.2 Å². The molecule has 23 heavy (non-hydrogen) atoms. The van der Waals surface area contributed by atoms with Crippen LogP contribution in [-0.2, 0) is 14.2 Å². The molecule has 0 aromatic carbocycles. The molecule has 0 aliphatic carbocycles. The van der Waals surface area contributed by atoms with Gasteiger partial charge >= 0.3 is 0 Å². The third-order valence-electron chi connectivity index (χ3n) is 5.03. The average molecular weight is 336 g/mol. The standard InChI is InChI=1S/C15H28O8/c1-6-8(3)21-10(5-17)14(12(6)19)23-15-7(2)11(18)13(20)9(4-16)22-15/h6-20H,4-5H2,1-3H3/t6?,7-,8-,9?,10?,11?,12+,13+,14+,15-/m0/s1. The van der Waals surface area contributed by atoms with E-state index in [-0.39, 0.29) is 18.6 Å². The highest BCUT2D eigenvalue weighted by atomic mass is 16.7. The van der Waals surface area contributed by atoms with E-state index in [1.807, 2.05) is 13.8 Å². The van der Waals surface area contributed by atoms with Gasteiger partial charge in [0.15, 0.2) is 6.29 Å². The quantitative estimate of drug-likeness (QED) is 0.408. The van der Waals surface area contributed by atoms with E-state index in [1.165, 1.54) is 0 Å². The van der Waals surface area contributed by atoms with Crippen LogP contribution in [-0.4, -0.2) is 87.8 Å². The summed E-state index contributed by atoms with van der Waals surface area (Å²) in [5, 5.41) is 49.1. The first-order valence-electron chi connectivity index (χ1n) is 8.04. The summed E-state index contributed by atoms with van der Waals surface area (Å²) in [5.74, 6) is -0.778. The first-order chi connectivity index (χ1) is 10.8. The van der Waals surface area contributed by atoms with E-state index in [1.54, 1.807) is 6.92 Å². The Hall–Kier alpha value is -0.320. The van der Waals surface area contributed by atoms with Crippen molar-refractivity contribution in [2.45, 2.75) is 69.8 Å². The van der Waals surface area contributed by atoms with Crippen molar-refractivity contribution in [3.8, 4) is 0 Å². The highest BCUT2D eigenvalue weighted by Gasteiger charge is 2.47. The number of hydrogen-bond acceptors (Lipinski definition) is 8. The number of ether oxygens (including phenoxy) is 3. The number of aliphatic hydroxyl groups is 5. The minimum absolute atomic E-state index is 0.203. The minimum atomic E-state index is -1.21. The van der Waals surface area contributed by atoms with Crippen LogP contribution in [0.15, 0.2) is 0 Å². The van der Waals surface area contributed by atoms with Gasteiger partial charge in [-0.2, -0.15) is 0 Å². The van der Waals surface area contributed by atoms with Crippen molar-refractivity contribution >= 4 is 0 Å². The maximum Gasteiger partial charge on any atom is 0.163 e. The number of rotatable bonds is 4. The molecular formula is C15H28O8. The topological polar surface area (TPSA) is 129 Å². The Morgan fingerprint density at radius 2 is 1.39 bits per heavy atom. The lowest BCUT2D eigenvalue weighted by atomic mass is 9.88. The van der Waals surface area contributed by atoms with Crippen molar-refractivity contribution in [3.05, 3.63) is 0 Å². The zero-order valence-corrected chi connectivity index (χ0v) is 13.6. The second-order valence-corrected chi connectivity index (χ2v) is 6.58. The molecule has 8 nitrogen and oxygen atoms in total. The Kier molecular flexibility index (Phi) is 6.37. The Bertz CT molecular complexity index is 376. The summed E-state index contributed by atoms with van der Waals surface area (Å²) >= 11 is 0. The predicted molar refractivity (Wildman–Crippen MR) is 78.4 cm³/mol. The van der Waals surface area contributed by atoms with Crippen LogP contribution in [0, 0.1) is 11.8 Å². The zero-order valence-electron chi connectivity index (χ0n) is 13.6. The fraction of sp³-hybridized carbons (Fsp3) is 1.00. The van der Waals surface area contributed by atoms with E-state index >= 15 is 0 Å². The number of hydrogen-bond donors (Lipinski definition) is 5. The fourth-order valence-electron chi connectivity index (χ4n) is 3.12. The molecule has 2 aliphatic heterocycles. The molecule has 10 atom stereocenters. The molecule has 0 aromatic heterocycles. The summed E-state index contributed by atoms with van der Waals surface area (Å²) in [6, 6.07) is 0. The molecule has 136 valence electrons. The number of aliphatic hydroxyl groups excluding tert-OH is 5. The second kappa shape index (κ2) is 7.71. The first-order valence-corrected chi connectivity index (χ1v) is 8.04. The van der Waals surface area contributed by atoms with E-state index in [2.05, 4.69) is 0 Å². The largest absolute Gasteiger partial charge is 0.394 e. The summed E-state index contributed by atoms with van der Waals surface area (Å²) in [7, 11) is 0. The van der Waals surface area contributed by atoms with Crippen LogP contribution >= 0.6 is 0 Å². The van der Waals surface area contributed by atoms with E-state index in [0.29, 0.717) is 0 Å². The van der Waals surface area contributed by atoms with Crippen molar-refractivity contribution in [2.75, 3.05) is 13.2 Å². The first kappa shape index (κ1) is 19.0. The third-order valence-corrected chi connectivity index (χ3v) is 5.03. The summed E-state index contributed by atoms with van der Waals surface area (Å²) < 4.78 is 17.0. The molecule has 2 rings (SSSR count). The average Bonchev–Trinajstić information content (AvgIpc) is 2.55. The Morgan fingerprint density at radius 3 is 1.96 bits per heavy atom. The van der Waals surface area contributed by atoms with Crippen molar-refractivity contribution in [3.63, 3.8) is 0 Å². The molecule has 2 saturated heterocycles. The molecule has 2 aliphatic rings. The molecule has 2 heterocycles. The van der Waals surface area contributed by atoms with Gasteiger partial charge < -0.3 is 39.7 Å². The lowest BCUT2D eigenvalue weighted by molar-refractivity contribution is -0.325. The fourth-order valence-corrected chi connectivity index (χ4v) is 3.12. The second-order valence-electron chi connectivity index (χ2n) is 6.58. The molecule has 0 amide bonds. The molecule has 2 fully saturated rings. The van der Waals surface area contributed by atoms with Crippen molar-refractivity contribution in [2.24, 2.45) is 11.8 Å². The van der Waals surface area contributed by atoms with Gasteiger partial charge in [0.1, 0.15) is 24.4 Å². The van der Waals surface area contributed by atoms with Crippen LogP contribution in [0.25, 0.3) is 0 Å². The van der Waals surface area contributed by atoms with Crippen molar-refractivity contribution in [1.29, 1.82) is 0 Å². The monoisotopic (exact) mass is 336 g/mol. The van der Waals surface area contributed by atoms with Crippen LogP contribution in [0.5, 0.6) is 0 Å². The minimum Gasteiger partial charge on any atom is -0.394 e. The van der Waals surface area contributed by atoms with E-state index in [9.17, 15) is 25.5 Å². The van der Waals surface area contributed by atoms with E-state index < -0.39 is 55.4 Å². The molecule has 0 aromatic rings. The highest BCUT2D eigenvalue weighted by Crippen LogP contribution is 2.33. The van der Waals surface area contributed by atoms with Gasteiger partial charge in [-0.3, -0.25) is 0 Å². The Balaban J connectivity index is 2.11. The maximum atomic E-state index is 10.4. The molecular weight excluding hydrogens is 308 g/mol. The predicted octanol–water partition coefficient (Wildman–Crippen LogP) is -1.78. The van der Waals surface area contributed by atoms with Gasteiger partial charge in [-0.15, -0.1) is 0 Å². The molecule has 5 N–H and O–H groups in total. The van der Waals surface area contributed by atoms with Gasteiger partial charge in [0.2, 0.25) is 0 Å². The molecule has 8 heteroatoms. The van der Waals surface area contributed by atoms with Gasteiger partial charge in [-0.1, -0.05) is 13.8 Å². The van der Waals surface area contributed by atoms with Gasteiger partial charge in [0, 0.05) is 11.8 Å². The van der Waals surface area contributed by atoms with Crippen molar-refractivity contribution < 1.29 is 39.7 Å². The van der Waals surface area contributed by atoms with Crippen LogP contribution in [0.1, 0.15) is 20.8 Å². The molecule has 0 radical (unpaired) electrons. The van der Waals surface area contributed by atoms with Gasteiger partial charge in [-0.25, -0.2) is 0 Å². The molecule has 0 spiro atoms. The smallest absolute Gasteiger partial charge is 0.163 e. The van der Waals surface area contributed by atoms with Crippen LogP contribution in [0.4, 0.5) is 0 Å². The van der Waals surface area contributed by atoms with Gasteiger partial charge in [0.05, 0.1) is 31.5 Å². The third kappa shape index (κ3) is 3.69. The SMILES string of the molecule is CC1[C@H](C)OC(CO)[C@@H](O[C@@H]2OC(CO)[C@@H](O)C(O)[C@@H]2C)[C@@H]1O. The van der Waals surface area contributed by atoms with Crippen molar-refractivity contribution in [1.82, 2.24) is 0 Å². The lowest BCUT2D eigenvalue weighted by Crippen LogP contribution is -2.60. The normalized spacial score (nSPS) is 51.7. The summed E-state index contributed by atoms with van der Waals surface area (Å²) in [6.45, 7) is 4.48. The molecule has 0 saturated carbocycles. The molecule has 4 unspecified atom stereocenters. The highest BCUT2D eigenvalue weighted by molar-refractivity contribution is 4.92. The lowest BCUT2D eigenvalue weighted by Gasteiger charge is -2.46. The van der Waals surface area contributed by atoms with Gasteiger partial charge in [0.25, 0.3) is 0 Å². The Morgan fingerprint density at radius 1 is 0.783 bits per heavy atom.